The summed E-state index contributed by atoms with van der Waals surface area (Å²) in [5.74, 6) is 1.85. The highest BCUT2D eigenvalue weighted by Crippen LogP contribution is 2.32. The zero-order valence-corrected chi connectivity index (χ0v) is 24.0. The summed E-state index contributed by atoms with van der Waals surface area (Å²) in [6.45, 7) is 4.53. The van der Waals surface area contributed by atoms with Crippen LogP contribution < -0.4 is 25.0 Å². The van der Waals surface area contributed by atoms with Gasteiger partial charge in [-0.25, -0.2) is 9.97 Å². The van der Waals surface area contributed by atoms with Crippen molar-refractivity contribution in [3.63, 3.8) is 0 Å². The lowest BCUT2D eigenvalue weighted by Crippen LogP contribution is -2.46. The average molecular weight is 611 g/mol. The van der Waals surface area contributed by atoms with Gasteiger partial charge in [0.15, 0.2) is 11.6 Å². The van der Waals surface area contributed by atoms with Crippen molar-refractivity contribution in [3.05, 3.63) is 75.3 Å². The molecule has 3 aromatic heterocycles. The molecule has 4 aromatic rings. The summed E-state index contributed by atoms with van der Waals surface area (Å²) >= 11 is 5.08. The SMILES string of the molecule is COc1cc(Nc2nc(N3CCN(Cc4cccs4)CC3)ncc2OC)ccc1NC(=O)c1cccc(Br)n1. The first-order chi connectivity index (χ1) is 19.0. The Balaban J connectivity index is 1.28. The molecule has 12 heteroatoms. The number of thiophene rings is 1. The van der Waals surface area contributed by atoms with Crippen molar-refractivity contribution < 1.29 is 14.3 Å². The molecule has 0 unspecified atom stereocenters. The van der Waals surface area contributed by atoms with Crippen molar-refractivity contribution in [2.45, 2.75) is 6.54 Å². The Morgan fingerprint density at radius 1 is 1.03 bits per heavy atom. The summed E-state index contributed by atoms with van der Waals surface area (Å²) in [5, 5.41) is 8.28. The summed E-state index contributed by atoms with van der Waals surface area (Å²) in [7, 11) is 3.13. The molecule has 5 rings (SSSR count). The molecule has 1 amide bonds. The minimum Gasteiger partial charge on any atom is -0.494 e. The van der Waals surface area contributed by atoms with Gasteiger partial charge in [-0.2, -0.15) is 4.98 Å². The minimum absolute atomic E-state index is 0.291. The molecule has 2 N–H and O–H groups in total. The number of amides is 1. The summed E-state index contributed by atoms with van der Waals surface area (Å²) in [5.41, 5.74) is 1.53. The van der Waals surface area contributed by atoms with E-state index in [1.165, 1.54) is 4.88 Å². The molecule has 0 aliphatic carbocycles. The molecule has 1 aliphatic rings. The van der Waals surface area contributed by atoms with Gasteiger partial charge in [0, 0.05) is 49.4 Å². The van der Waals surface area contributed by atoms with E-state index in [-0.39, 0.29) is 5.91 Å². The highest BCUT2D eigenvalue weighted by atomic mass is 79.9. The second-order valence-corrected chi connectivity index (χ2v) is 10.6. The number of nitrogens with zero attached hydrogens (tertiary/aromatic N) is 5. The van der Waals surface area contributed by atoms with Crippen molar-refractivity contribution >= 4 is 56.3 Å². The molecule has 4 heterocycles. The Labute approximate surface area is 239 Å². The molecule has 1 saturated heterocycles. The monoisotopic (exact) mass is 609 g/mol. The standard InChI is InChI=1S/C27H28BrN7O3S/c1-37-22-15-18(8-9-20(22)32-26(36)21-6-3-7-24(28)31-21)30-25-23(38-2)16-29-27(33-25)35-12-10-34(11-13-35)17-19-5-4-14-39-19/h3-9,14-16H,10-13,17H2,1-2H3,(H,32,36)(H,29,30,33). The fraction of sp³-hybridized carbons (Fsp3) is 0.259. The van der Waals surface area contributed by atoms with Gasteiger partial charge in [-0.1, -0.05) is 12.1 Å². The van der Waals surface area contributed by atoms with Crippen LogP contribution in [0.3, 0.4) is 0 Å². The van der Waals surface area contributed by atoms with Gasteiger partial charge in [-0.3, -0.25) is 9.69 Å². The van der Waals surface area contributed by atoms with Crippen LogP contribution in [0.15, 0.2) is 64.7 Å². The van der Waals surface area contributed by atoms with Crippen LogP contribution in [0.25, 0.3) is 0 Å². The fourth-order valence-electron chi connectivity index (χ4n) is 4.21. The van der Waals surface area contributed by atoms with Crippen LogP contribution in [0.4, 0.5) is 23.1 Å². The Morgan fingerprint density at radius 2 is 1.85 bits per heavy atom. The number of anilines is 4. The van der Waals surface area contributed by atoms with Gasteiger partial charge < -0.3 is 25.0 Å². The summed E-state index contributed by atoms with van der Waals surface area (Å²) in [6.07, 6.45) is 1.68. The predicted octanol–water partition coefficient (Wildman–Crippen LogP) is 5.03. The largest absolute Gasteiger partial charge is 0.494 e. The van der Waals surface area contributed by atoms with E-state index in [1.54, 1.807) is 62.1 Å². The van der Waals surface area contributed by atoms with Gasteiger partial charge >= 0.3 is 0 Å². The lowest BCUT2D eigenvalue weighted by atomic mass is 10.2. The van der Waals surface area contributed by atoms with Crippen molar-refractivity contribution in [3.8, 4) is 11.5 Å². The first-order valence-electron chi connectivity index (χ1n) is 12.3. The molecule has 0 bridgehead atoms. The number of benzene rings is 1. The summed E-state index contributed by atoms with van der Waals surface area (Å²) < 4.78 is 11.6. The molecule has 39 heavy (non-hydrogen) atoms. The number of methoxy groups -OCH3 is 2. The van der Waals surface area contributed by atoms with E-state index in [4.69, 9.17) is 14.5 Å². The van der Waals surface area contributed by atoms with Gasteiger partial charge in [0.25, 0.3) is 5.91 Å². The first-order valence-corrected chi connectivity index (χ1v) is 14.0. The third kappa shape index (κ3) is 6.64. The molecule has 1 aliphatic heterocycles. The van der Waals surface area contributed by atoms with E-state index >= 15 is 0 Å². The zero-order chi connectivity index (χ0) is 27.2. The number of hydrogen-bond acceptors (Lipinski definition) is 10. The van der Waals surface area contributed by atoms with Crippen LogP contribution in [0, 0.1) is 0 Å². The predicted molar refractivity (Wildman–Crippen MR) is 157 cm³/mol. The lowest BCUT2D eigenvalue weighted by molar-refractivity contribution is 0.102. The first kappa shape index (κ1) is 26.9. The topological polar surface area (TPSA) is 105 Å². The Kier molecular flexibility index (Phi) is 8.54. The molecule has 1 aromatic carbocycles. The van der Waals surface area contributed by atoms with E-state index in [0.29, 0.717) is 44.9 Å². The van der Waals surface area contributed by atoms with Gasteiger partial charge in [0.05, 0.1) is 26.1 Å². The van der Waals surface area contributed by atoms with Gasteiger partial charge in [-0.05, 0) is 51.6 Å². The van der Waals surface area contributed by atoms with Crippen molar-refractivity contribution in [2.24, 2.45) is 0 Å². The van der Waals surface area contributed by atoms with Gasteiger partial charge in [0.2, 0.25) is 5.95 Å². The van der Waals surface area contributed by atoms with Crippen LogP contribution in [0.1, 0.15) is 15.4 Å². The fourth-order valence-corrected chi connectivity index (χ4v) is 5.30. The molecule has 10 nitrogen and oxygen atoms in total. The van der Waals surface area contributed by atoms with Crippen molar-refractivity contribution in [1.29, 1.82) is 0 Å². The average Bonchev–Trinajstić information content (AvgIpc) is 3.47. The highest BCUT2D eigenvalue weighted by Gasteiger charge is 2.21. The van der Waals surface area contributed by atoms with Crippen molar-refractivity contribution in [1.82, 2.24) is 19.9 Å². The molecule has 202 valence electrons. The molecule has 0 atom stereocenters. The smallest absolute Gasteiger partial charge is 0.274 e. The number of halogens is 1. The molecular formula is C27H28BrN7O3S. The molecule has 1 fully saturated rings. The molecule has 0 saturated carbocycles. The zero-order valence-electron chi connectivity index (χ0n) is 21.6. The maximum absolute atomic E-state index is 12.7. The number of pyridine rings is 1. The molecular weight excluding hydrogens is 582 g/mol. The second kappa shape index (κ2) is 12.4. The van der Waals surface area contributed by atoms with E-state index in [1.807, 2.05) is 6.07 Å². The van der Waals surface area contributed by atoms with Gasteiger partial charge in [0.1, 0.15) is 16.0 Å². The van der Waals surface area contributed by atoms with Crippen LogP contribution in [-0.2, 0) is 6.54 Å². The number of ether oxygens (including phenoxy) is 2. The van der Waals surface area contributed by atoms with E-state index in [2.05, 4.69) is 63.8 Å². The van der Waals surface area contributed by atoms with Crippen LogP contribution in [0.2, 0.25) is 0 Å². The van der Waals surface area contributed by atoms with Crippen LogP contribution in [0.5, 0.6) is 11.5 Å². The number of aromatic nitrogens is 3. The Morgan fingerprint density at radius 3 is 2.56 bits per heavy atom. The number of rotatable bonds is 9. The Bertz CT molecular complexity index is 1430. The maximum Gasteiger partial charge on any atom is 0.274 e. The van der Waals surface area contributed by atoms with Crippen LogP contribution in [-0.4, -0.2) is 66.2 Å². The van der Waals surface area contributed by atoms with E-state index in [0.717, 1.165) is 32.7 Å². The molecule has 0 radical (unpaired) electrons. The minimum atomic E-state index is -0.340. The maximum atomic E-state index is 12.7. The quantitative estimate of drug-likeness (QED) is 0.253. The highest BCUT2D eigenvalue weighted by molar-refractivity contribution is 9.10. The van der Waals surface area contributed by atoms with E-state index < -0.39 is 0 Å². The normalized spacial score (nSPS) is 13.7. The third-order valence-electron chi connectivity index (χ3n) is 6.24. The van der Waals surface area contributed by atoms with E-state index in [9.17, 15) is 4.79 Å². The third-order valence-corrected chi connectivity index (χ3v) is 7.54. The lowest BCUT2D eigenvalue weighted by Gasteiger charge is -2.34. The summed E-state index contributed by atoms with van der Waals surface area (Å²) in [6, 6.07) is 14.8. The number of carbonyl (C=O) groups excluding carboxylic acids is 1. The van der Waals surface area contributed by atoms with Crippen LogP contribution >= 0.6 is 27.3 Å². The second-order valence-electron chi connectivity index (χ2n) is 8.77. The molecule has 0 spiro atoms. The summed E-state index contributed by atoms with van der Waals surface area (Å²) in [4.78, 5) is 32.2. The number of nitrogens with one attached hydrogen (secondary N) is 2. The number of carbonyl (C=O) groups is 1. The van der Waals surface area contributed by atoms with Crippen molar-refractivity contribution in [2.75, 3.05) is 55.9 Å². The number of hydrogen-bond donors (Lipinski definition) is 2. The number of piperazine rings is 1. The Hall–Kier alpha value is -3.74. The van der Waals surface area contributed by atoms with Gasteiger partial charge in [-0.15, -0.1) is 11.3 Å².